The Hall–Kier alpha value is -2.56. The van der Waals surface area contributed by atoms with Gasteiger partial charge in [-0.25, -0.2) is 9.18 Å². The summed E-state index contributed by atoms with van der Waals surface area (Å²) in [5, 5.41) is 2.86. The molecule has 1 unspecified atom stereocenters. The predicted octanol–water partition coefficient (Wildman–Crippen LogP) is 3.85. The van der Waals surface area contributed by atoms with Crippen LogP contribution in [0.1, 0.15) is 12.8 Å². The molecule has 2 heterocycles. The molecule has 0 bridgehead atoms. The van der Waals surface area contributed by atoms with Crippen LogP contribution < -0.4 is 15.1 Å². The van der Waals surface area contributed by atoms with Gasteiger partial charge in [-0.1, -0.05) is 12.1 Å². The number of halogens is 1. The molecule has 1 atom stereocenters. The summed E-state index contributed by atoms with van der Waals surface area (Å²) < 4.78 is 13.0. The minimum Gasteiger partial charge on any atom is -0.365 e. The van der Waals surface area contributed by atoms with E-state index in [1.807, 2.05) is 18.2 Å². The summed E-state index contributed by atoms with van der Waals surface area (Å²) in [6, 6.07) is 14.1. The standard InChI is InChI=1S/C18H18FN3O/c19-13-7-9-14(10-8-13)20-18(23)22-12-15-4-3-11-21(15)16-5-1-2-6-17(16)22/h1-2,5-10,15H,3-4,11-12H2,(H,20,23). The largest absolute Gasteiger partial charge is 0.365 e. The number of amides is 2. The lowest BCUT2D eigenvalue weighted by Crippen LogP contribution is -2.49. The topological polar surface area (TPSA) is 35.6 Å². The highest BCUT2D eigenvalue weighted by molar-refractivity contribution is 6.04. The van der Waals surface area contributed by atoms with Crippen LogP contribution in [-0.4, -0.2) is 25.2 Å². The molecule has 0 spiro atoms. The van der Waals surface area contributed by atoms with Crippen molar-refractivity contribution in [1.29, 1.82) is 0 Å². The van der Waals surface area contributed by atoms with E-state index in [1.54, 1.807) is 17.0 Å². The van der Waals surface area contributed by atoms with Crippen LogP contribution in [0.25, 0.3) is 0 Å². The van der Waals surface area contributed by atoms with Gasteiger partial charge in [-0.3, -0.25) is 4.90 Å². The lowest BCUT2D eigenvalue weighted by Gasteiger charge is -2.40. The van der Waals surface area contributed by atoms with Crippen LogP contribution in [0.5, 0.6) is 0 Å². The molecule has 2 aromatic carbocycles. The highest BCUT2D eigenvalue weighted by Gasteiger charge is 2.36. The fourth-order valence-electron chi connectivity index (χ4n) is 3.50. The number of hydrogen-bond donors (Lipinski definition) is 1. The van der Waals surface area contributed by atoms with Crippen LogP contribution in [0.4, 0.5) is 26.2 Å². The zero-order chi connectivity index (χ0) is 15.8. The lowest BCUT2D eigenvalue weighted by atomic mass is 10.1. The van der Waals surface area contributed by atoms with E-state index >= 15 is 0 Å². The van der Waals surface area contributed by atoms with Gasteiger partial charge in [-0.05, 0) is 49.2 Å². The molecule has 4 nitrogen and oxygen atoms in total. The SMILES string of the molecule is O=C(Nc1ccc(F)cc1)N1CC2CCCN2c2ccccc21. The molecule has 0 aliphatic carbocycles. The van der Waals surface area contributed by atoms with Gasteiger partial charge in [0.15, 0.2) is 0 Å². The van der Waals surface area contributed by atoms with Gasteiger partial charge >= 0.3 is 6.03 Å². The summed E-state index contributed by atoms with van der Waals surface area (Å²) in [5.74, 6) is -0.312. The number of fused-ring (bicyclic) bond motifs is 3. The van der Waals surface area contributed by atoms with Crippen molar-refractivity contribution >= 4 is 23.1 Å². The van der Waals surface area contributed by atoms with Crippen molar-refractivity contribution in [2.45, 2.75) is 18.9 Å². The van der Waals surface area contributed by atoms with E-state index in [4.69, 9.17) is 0 Å². The molecular weight excluding hydrogens is 293 g/mol. The summed E-state index contributed by atoms with van der Waals surface area (Å²) >= 11 is 0. The van der Waals surface area contributed by atoms with Gasteiger partial charge in [0.25, 0.3) is 0 Å². The molecule has 23 heavy (non-hydrogen) atoms. The van der Waals surface area contributed by atoms with E-state index in [0.29, 0.717) is 18.3 Å². The van der Waals surface area contributed by atoms with Crippen LogP contribution in [-0.2, 0) is 0 Å². The number of nitrogens with one attached hydrogen (secondary N) is 1. The number of anilines is 3. The van der Waals surface area contributed by atoms with Crippen molar-refractivity contribution in [3.63, 3.8) is 0 Å². The second kappa shape index (κ2) is 5.57. The Morgan fingerprint density at radius 1 is 1.09 bits per heavy atom. The van der Waals surface area contributed by atoms with E-state index in [1.165, 1.54) is 12.1 Å². The average molecular weight is 311 g/mol. The van der Waals surface area contributed by atoms with Crippen molar-refractivity contribution in [3.05, 3.63) is 54.3 Å². The minimum atomic E-state index is -0.312. The number of hydrogen-bond acceptors (Lipinski definition) is 2. The van der Waals surface area contributed by atoms with E-state index in [2.05, 4.69) is 16.3 Å². The molecule has 4 rings (SSSR count). The van der Waals surface area contributed by atoms with Crippen LogP contribution in [0.3, 0.4) is 0 Å². The van der Waals surface area contributed by atoms with Gasteiger partial charge in [0.2, 0.25) is 0 Å². The minimum absolute atomic E-state index is 0.171. The van der Waals surface area contributed by atoms with E-state index in [-0.39, 0.29) is 11.8 Å². The molecule has 5 heteroatoms. The molecule has 0 saturated carbocycles. The van der Waals surface area contributed by atoms with E-state index < -0.39 is 0 Å². The second-order valence-corrected chi connectivity index (χ2v) is 6.03. The number of para-hydroxylation sites is 2. The molecule has 2 amide bonds. The summed E-state index contributed by atoms with van der Waals surface area (Å²) in [6.07, 6.45) is 2.26. The Bertz CT molecular complexity index is 731. The Morgan fingerprint density at radius 2 is 1.83 bits per heavy atom. The first-order valence-electron chi connectivity index (χ1n) is 7.92. The number of carbonyl (C=O) groups is 1. The average Bonchev–Trinajstić information content (AvgIpc) is 3.05. The maximum atomic E-state index is 13.0. The Labute approximate surface area is 134 Å². The van der Waals surface area contributed by atoms with Gasteiger partial charge in [-0.2, -0.15) is 0 Å². The number of urea groups is 1. The monoisotopic (exact) mass is 311 g/mol. The lowest BCUT2D eigenvalue weighted by molar-refractivity contribution is 0.256. The smallest absolute Gasteiger partial charge is 0.326 e. The molecule has 0 radical (unpaired) electrons. The zero-order valence-electron chi connectivity index (χ0n) is 12.7. The molecule has 1 N–H and O–H groups in total. The molecular formula is C18H18FN3O. The number of benzene rings is 2. The van der Waals surface area contributed by atoms with Gasteiger partial charge in [-0.15, -0.1) is 0 Å². The highest BCUT2D eigenvalue weighted by atomic mass is 19.1. The predicted molar refractivity (Wildman–Crippen MR) is 89.6 cm³/mol. The third-order valence-electron chi connectivity index (χ3n) is 4.59. The third-order valence-corrected chi connectivity index (χ3v) is 4.59. The van der Waals surface area contributed by atoms with Gasteiger partial charge < -0.3 is 10.2 Å². The van der Waals surface area contributed by atoms with Gasteiger partial charge in [0.05, 0.1) is 11.4 Å². The van der Waals surface area contributed by atoms with Crippen molar-refractivity contribution in [3.8, 4) is 0 Å². The van der Waals surface area contributed by atoms with Crippen LogP contribution in [0.2, 0.25) is 0 Å². The van der Waals surface area contributed by atoms with E-state index in [0.717, 1.165) is 30.8 Å². The Morgan fingerprint density at radius 3 is 2.61 bits per heavy atom. The first kappa shape index (κ1) is 14.1. The second-order valence-electron chi connectivity index (χ2n) is 6.03. The normalized spacial score (nSPS) is 19.3. The highest BCUT2D eigenvalue weighted by Crippen LogP contribution is 2.39. The van der Waals surface area contributed by atoms with Crippen LogP contribution in [0, 0.1) is 5.82 Å². The third kappa shape index (κ3) is 2.52. The maximum Gasteiger partial charge on any atom is 0.326 e. The zero-order valence-corrected chi connectivity index (χ0v) is 12.7. The number of rotatable bonds is 1. The fraction of sp³-hybridized carbons (Fsp3) is 0.278. The van der Waals surface area contributed by atoms with E-state index in [9.17, 15) is 9.18 Å². The van der Waals surface area contributed by atoms with Crippen molar-refractivity contribution in [2.75, 3.05) is 28.2 Å². The summed E-state index contributed by atoms with van der Waals surface area (Å²) in [5.41, 5.74) is 2.66. The molecule has 2 aromatic rings. The molecule has 0 aromatic heterocycles. The number of nitrogens with zero attached hydrogens (tertiary/aromatic N) is 2. The van der Waals surface area contributed by atoms with Crippen molar-refractivity contribution in [1.82, 2.24) is 0 Å². The molecule has 2 aliphatic rings. The number of carbonyl (C=O) groups excluding carboxylic acids is 1. The Kier molecular flexibility index (Phi) is 3.41. The fourth-order valence-corrected chi connectivity index (χ4v) is 3.50. The Balaban J connectivity index is 1.62. The van der Waals surface area contributed by atoms with Gasteiger partial charge in [0, 0.05) is 24.8 Å². The van der Waals surface area contributed by atoms with Crippen molar-refractivity contribution < 1.29 is 9.18 Å². The summed E-state index contributed by atoms with van der Waals surface area (Å²) in [6.45, 7) is 1.74. The van der Waals surface area contributed by atoms with Gasteiger partial charge in [0.1, 0.15) is 5.82 Å². The summed E-state index contributed by atoms with van der Waals surface area (Å²) in [4.78, 5) is 16.9. The first-order chi connectivity index (χ1) is 11.2. The van der Waals surface area contributed by atoms with Crippen molar-refractivity contribution in [2.24, 2.45) is 0 Å². The molecule has 1 fully saturated rings. The quantitative estimate of drug-likeness (QED) is 0.868. The molecule has 2 aliphatic heterocycles. The summed E-state index contributed by atoms with van der Waals surface area (Å²) in [7, 11) is 0. The molecule has 1 saturated heterocycles. The molecule has 118 valence electrons. The van der Waals surface area contributed by atoms with Crippen LogP contribution >= 0.6 is 0 Å². The maximum absolute atomic E-state index is 13.0. The first-order valence-corrected chi connectivity index (χ1v) is 7.92. The van der Waals surface area contributed by atoms with Crippen LogP contribution in [0.15, 0.2) is 48.5 Å².